The molecule has 15 heavy (non-hydrogen) atoms. The normalized spacial score (nSPS) is 16.3. The van der Waals surface area contributed by atoms with Gasteiger partial charge in [-0.25, -0.2) is 0 Å². The molecule has 0 aromatic heterocycles. The van der Waals surface area contributed by atoms with Crippen LogP contribution in [0.1, 0.15) is 11.1 Å². The zero-order valence-corrected chi connectivity index (χ0v) is 9.52. The maximum Gasteiger partial charge on any atom is 0.243 e. The lowest BCUT2D eigenvalue weighted by atomic mass is 10.1. The number of amides is 1. The Kier molecular flexibility index (Phi) is 2.52. The molecule has 78 valence electrons. The number of carbonyl (C=O) groups excluding carboxylic acids is 1. The van der Waals surface area contributed by atoms with Crippen LogP contribution in [0.5, 0.6) is 0 Å². The zero-order valence-electron chi connectivity index (χ0n) is 8.70. The van der Waals surface area contributed by atoms with E-state index in [9.17, 15) is 4.79 Å². The number of carbonyl (C=O) groups is 1. The molecular weight excluding hydrogens is 208 g/mol. The maximum absolute atomic E-state index is 11.7. The van der Waals surface area contributed by atoms with Crippen molar-refractivity contribution in [2.75, 3.05) is 10.7 Å². The van der Waals surface area contributed by atoms with E-state index in [0.717, 1.165) is 16.8 Å². The molecule has 1 fully saturated rings. The van der Waals surface area contributed by atoms with Gasteiger partial charge in [-0.05, 0) is 25.0 Å². The van der Waals surface area contributed by atoms with Crippen molar-refractivity contribution >= 4 is 28.5 Å². The van der Waals surface area contributed by atoms with Gasteiger partial charge in [-0.1, -0.05) is 30.0 Å². The molecule has 1 amide bonds. The number of rotatable bonds is 1. The molecule has 2 rings (SSSR count). The van der Waals surface area contributed by atoms with Crippen LogP contribution in [-0.2, 0) is 4.79 Å². The molecule has 0 atom stereocenters. The minimum Gasteiger partial charge on any atom is -0.278 e. The SMILES string of the molecule is Cc1cccc(C)c1N1C(=N)SCC1=O. The Bertz CT molecular complexity index is 406. The third-order valence-electron chi connectivity index (χ3n) is 2.45. The number of amidine groups is 1. The molecule has 0 bridgehead atoms. The van der Waals surface area contributed by atoms with E-state index in [1.165, 1.54) is 16.7 Å². The number of hydrogen-bond donors (Lipinski definition) is 1. The van der Waals surface area contributed by atoms with Gasteiger partial charge in [0.2, 0.25) is 5.91 Å². The molecule has 1 N–H and O–H groups in total. The van der Waals surface area contributed by atoms with E-state index in [1.807, 2.05) is 32.0 Å². The first-order valence-corrected chi connectivity index (χ1v) is 5.70. The number of anilines is 1. The molecule has 0 aliphatic carbocycles. The van der Waals surface area contributed by atoms with Crippen LogP contribution in [0, 0.1) is 19.3 Å². The fourth-order valence-electron chi connectivity index (χ4n) is 1.76. The summed E-state index contributed by atoms with van der Waals surface area (Å²) in [6.07, 6.45) is 0. The number of thioether (sulfide) groups is 1. The summed E-state index contributed by atoms with van der Waals surface area (Å²) in [4.78, 5) is 13.2. The lowest BCUT2D eigenvalue weighted by molar-refractivity contribution is -0.115. The third kappa shape index (κ3) is 1.65. The molecule has 0 radical (unpaired) electrons. The number of para-hydroxylation sites is 1. The molecular formula is C11H12N2OS. The highest BCUT2D eigenvalue weighted by atomic mass is 32.2. The number of aryl methyl sites for hydroxylation is 2. The van der Waals surface area contributed by atoms with Gasteiger partial charge >= 0.3 is 0 Å². The number of hydrogen-bond acceptors (Lipinski definition) is 3. The first kappa shape index (κ1) is 10.2. The van der Waals surface area contributed by atoms with E-state index in [4.69, 9.17) is 5.41 Å². The van der Waals surface area contributed by atoms with E-state index < -0.39 is 0 Å². The van der Waals surface area contributed by atoms with Crippen molar-refractivity contribution in [2.45, 2.75) is 13.8 Å². The summed E-state index contributed by atoms with van der Waals surface area (Å²) in [5.74, 6) is 0.384. The summed E-state index contributed by atoms with van der Waals surface area (Å²) in [6, 6.07) is 5.89. The van der Waals surface area contributed by atoms with Gasteiger partial charge in [0.05, 0.1) is 11.4 Å². The van der Waals surface area contributed by atoms with Gasteiger partial charge in [-0.15, -0.1) is 0 Å². The standard InChI is InChI=1S/C11H12N2OS/c1-7-4-3-5-8(2)10(7)13-9(14)6-15-11(13)12/h3-5,12H,6H2,1-2H3. The highest BCUT2D eigenvalue weighted by Gasteiger charge is 2.30. The van der Waals surface area contributed by atoms with E-state index in [1.54, 1.807) is 0 Å². The van der Waals surface area contributed by atoms with Crippen LogP contribution in [0.2, 0.25) is 0 Å². The number of nitrogens with one attached hydrogen (secondary N) is 1. The predicted octanol–water partition coefficient (Wildman–Crippen LogP) is 2.32. The number of benzene rings is 1. The van der Waals surface area contributed by atoms with Crippen molar-refractivity contribution < 1.29 is 4.79 Å². The number of nitrogens with zero attached hydrogens (tertiary/aromatic N) is 1. The fraction of sp³-hybridized carbons (Fsp3) is 0.273. The highest BCUT2D eigenvalue weighted by molar-refractivity contribution is 8.15. The second-order valence-corrected chi connectivity index (χ2v) is 4.53. The van der Waals surface area contributed by atoms with Crippen molar-refractivity contribution in [3.8, 4) is 0 Å². The Morgan fingerprint density at radius 1 is 1.33 bits per heavy atom. The molecule has 0 saturated carbocycles. The molecule has 0 unspecified atom stereocenters. The van der Waals surface area contributed by atoms with Crippen LogP contribution in [0.15, 0.2) is 18.2 Å². The lowest BCUT2D eigenvalue weighted by Gasteiger charge is -2.19. The van der Waals surface area contributed by atoms with Gasteiger partial charge in [-0.2, -0.15) is 0 Å². The highest BCUT2D eigenvalue weighted by Crippen LogP contribution is 2.31. The van der Waals surface area contributed by atoms with E-state index in [-0.39, 0.29) is 5.91 Å². The van der Waals surface area contributed by atoms with Crippen molar-refractivity contribution in [1.82, 2.24) is 0 Å². The topological polar surface area (TPSA) is 44.2 Å². The van der Waals surface area contributed by atoms with Crippen molar-refractivity contribution in [1.29, 1.82) is 5.41 Å². The van der Waals surface area contributed by atoms with Crippen LogP contribution in [0.3, 0.4) is 0 Å². The van der Waals surface area contributed by atoms with Crippen LogP contribution >= 0.6 is 11.8 Å². The minimum absolute atomic E-state index is 0.00222. The average Bonchev–Trinajstić information content (AvgIpc) is 2.49. The Balaban J connectivity index is 2.53. The van der Waals surface area contributed by atoms with E-state index in [2.05, 4.69) is 0 Å². The Morgan fingerprint density at radius 3 is 2.40 bits per heavy atom. The van der Waals surface area contributed by atoms with Gasteiger partial charge in [0.25, 0.3) is 0 Å². The lowest BCUT2D eigenvalue weighted by Crippen LogP contribution is -2.29. The van der Waals surface area contributed by atoms with Crippen LogP contribution < -0.4 is 4.90 Å². The van der Waals surface area contributed by atoms with Gasteiger partial charge in [0.15, 0.2) is 5.17 Å². The smallest absolute Gasteiger partial charge is 0.243 e. The molecule has 1 saturated heterocycles. The largest absolute Gasteiger partial charge is 0.278 e. The zero-order chi connectivity index (χ0) is 11.0. The first-order valence-electron chi connectivity index (χ1n) is 4.72. The van der Waals surface area contributed by atoms with Gasteiger partial charge in [0, 0.05) is 0 Å². The van der Waals surface area contributed by atoms with Crippen LogP contribution in [-0.4, -0.2) is 16.8 Å². The Hall–Kier alpha value is -1.29. The van der Waals surface area contributed by atoms with Gasteiger partial charge in [-0.3, -0.25) is 15.1 Å². The Morgan fingerprint density at radius 2 is 1.93 bits per heavy atom. The molecule has 1 aliphatic heterocycles. The van der Waals surface area contributed by atoms with Crippen LogP contribution in [0.4, 0.5) is 5.69 Å². The first-order chi connectivity index (χ1) is 7.11. The predicted molar refractivity (Wildman–Crippen MR) is 63.6 cm³/mol. The minimum atomic E-state index is 0.00222. The molecule has 0 spiro atoms. The van der Waals surface area contributed by atoms with Gasteiger partial charge in [0.1, 0.15) is 0 Å². The monoisotopic (exact) mass is 220 g/mol. The molecule has 1 heterocycles. The van der Waals surface area contributed by atoms with Crippen molar-refractivity contribution in [3.05, 3.63) is 29.3 Å². The summed E-state index contributed by atoms with van der Waals surface area (Å²) in [6.45, 7) is 3.93. The quantitative estimate of drug-likeness (QED) is 0.789. The second kappa shape index (κ2) is 3.70. The molecule has 1 aliphatic rings. The molecule has 3 nitrogen and oxygen atoms in total. The fourth-order valence-corrected chi connectivity index (χ4v) is 2.47. The van der Waals surface area contributed by atoms with E-state index in [0.29, 0.717) is 10.9 Å². The summed E-state index contributed by atoms with van der Waals surface area (Å²) in [5.41, 5.74) is 2.95. The van der Waals surface area contributed by atoms with Crippen molar-refractivity contribution in [3.63, 3.8) is 0 Å². The second-order valence-electron chi connectivity index (χ2n) is 3.56. The summed E-state index contributed by atoms with van der Waals surface area (Å²) >= 11 is 1.29. The average molecular weight is 220 g/mol. The molecule has 1 aromatic rings. The van der Waals surface area contributed by atoms with Crippen molar-refractivity contribution in [2.24, 2.45) is 0 Å². The maximum atomic E-state index is 11.7. The molecule has 1 aromatic carbocycles. The van der Waals surface area contributed by atoms with E-state index >= 15 is 0 Å². The summed E-state index contributed by atoms with van der Waals surface area (Å²) in [7, 11) is 0. The van der Waals surface area contributed by atoms with Crippen LogP contribution in [0.25, 0.3) is 0 Å². The third-order valence-corrected chi connectivity index (χ3v) is 3.30. The van der Waals surface area contributed by atoms with Gasteiger partial charge < -0.3 is 0 Å². The molecule has 4 heteroatoms. The Labute approximate surface area is 93.0 Å². The summed E-state index contributed by atoms with van der Waals surface area (Å²) < 4.78 is 0. The summed E-state index contributed by atoms with van der Waals surface area (Å²) in [5, 5.41) is 8.07.